The van der Waals surface area contributed by atoms with Crippen molar-refractivity contribution in [2.24, 2.45) is 0 Å². The highest BCUT2D eigenvalue weighted by Gasteiger charge is 2.11. The molecule has 1 N–H and O–H groups in total. The molecule has 0 aliphatic carbocycles. The summed E-state index contributed by atoms with van der Waals surface area (Å²) >= 11 is 7.34. The fraction of sp³-hybridized carbons (Fsp3) is 0.250. The van der Waals surface area contributed by atoms with E-state index in [0.717, 1.165) is 14.8 Å². The number of hydrogen-bond donors (Lipinski definition) is 1. The Labute approximate surface area is 137 Å². The Morgan fingerprint density at radius 2 is 1.86 bits per heavy atom. The minimum absolute atomic E-state index is 0.0480. The van der Waals surface area contributed by atoms with Crippen LogP contribution in [0.15, 0.2) is 36.4 Å². The standard InChI is InChI=1S/C16H16ClNO3S/c1-18(10-13-7-8-14(17)22-13)15(19)9-4-11-2-5-12(6-3-11)16(20)21/h2-3,5-8H,4,9-10H2,1H3,(H,20,21). The number of halogens is 1. The van der Waals surface area contributed by atoms with E-state index < -0.39 is 5.97 Å². The van der Waals surface area contributed by atoms with Gasteiger partial charge in [0.25, 0.3) is 0 Å². The number of carbonyl (C=O) groups excluding carboxylic acids is 1. The van der Waals surface area contributed by atoms with Gasteiger partial charge in [0.1, 0.15) is 0 Å². The van der Waals surface area contributed by atoms with Crippen molar-refractivity contribution < 1.29 is 14.7 Å². The van der Waals surface area contributed by atoms with Crippen LogP contribution in [0.5, 0.6) is 0 Å². The van der Waals surface area contributed by atoms with Gasteiger partial charge in [-0.1, -0.05) is 23.7 Å². The molecule has 1 aromatic carbocycles. The monoisotopic (exact) mass is 337 g/mol. The van der Waals surface area contributed by atoms with Crippen molar-refractivity contribution in [2.75, 3.05) is 7.05 Å². The quantitative estimate of drug-likeness (QED) is 0.874. The van der Waals surface area contributed by atoms with Crippen LogP contribution in [0.1, 0.15) is 27.2 Å². The lowest BCUT2D eigenvalue weighted by molar-refractivity contribution is -0.130. The topological polar surface area (TPSA) is 57.6 Å². The Balaban J connectivity index is 1.85. The number of carboxylic acid groups (broad SMARTS) is 1. The number of benzene rings is 1. The minimum Gasteiger partial charge on any atom is -0.478 e. The van der Waals surface area contributed by atoms with Crippen molar-refractivity contribution in [3.63, 3.8) is 0 Å². The zero-order valence-electron chi connectivity index (χ0n) is 12.1. The molecule has 4 nitrogen and oxygen atoms in total. The molecule has 0 bridgehead atoms. The summed E-state index contributed by atoms with van der Waals surface area (Å²) in [7, 11) is 1.77. The molecule has 1 aromatic heterocycles. The molecule has 0 aliphatic heterocycles. The van der Waals surface area contributed by atoms with Gasteiger partial charge in [0.15, 0.2) is 0 Å². The number of thiophene rings is 1. The molecule has 6 heteroatoms. The average molecular weight is 338 g/mol. The van der Waals surface area contributed by atoms with Crippen molar-refractivity contribution >= 4 is 34.8 Å². The second-order valence-corrected chi connectivity index (χ2v) is 6.76. The summed E-state index contributed by atoms with van der Waals surface area (Å²) < 4.78 is 0.717. The molecule has 116 valence electrons. The molecule has 22 heavy (non-hydrogen) atoms. The van der Waals surface area contributed by atoms with Gasteiger partial charge in [-0.3, -0.25) is 4.79 Å². The summed E-state index contributed by atoms with van der Waals surface area (Å²) in [6.45, 7) is 0.550. The van der Waals surface area contributed by atoms with Gasteiger partial charge in [-0.25, -0.2) is 4.79 Å². The van der Waals surface area contributed by atoms with Gasteiger partial charge in [0, 0.05) is 18.3 Å². The van der Waals surface area contributed by atoms with Crippen molar-refractivity contribution in [1.29, 1.82) is 0 Å². The molecule has 0 saturated carbocycles. The Hall–Kier alpha value is -1.85. The van der Waals surface area contributed by atoms with E-state index in [4.69, 9.17) is 16.7 Å². The molecule has 0 unspecified atom stereocenters. The third kappa shape index (κ3) is 4.58. The predicted molar refractivity (Wildman–Crippen MR) is 87.5 cm³/mol. The molecule has 0 radical (unpaired) electrons. The number of hydrogen-bond acceptors (Lipinski definition) is 3. The number of carbonyl (C=O) groups is 2. The lowest BCUT2D eigenvalue weighted by Crippen LogP contribution is -2.25. The van der Waals surface area contributed by atoms with Crippen LogP contribution in [0.4, 0.5) is 0 Å². The summed E-state index contributed by atoms with van der Waals surface area (Å²) in [4.78, 5) is 25.6. The fourth-order valence-corrected chi connectivity index (χ4v) is 3.16. The van der Waals surface area contributed by atoms with E-state index in [-0.39, 0.29) is 11.5 Å². The van der Waals surface area contributed by atoms with Crippen LogP contribution >= 0.6 is 22.9 Å². The molecule has 0 atom stereocenters. The van der Waals surface area contributed by atoms with Crippen molar-refractivity contribution in [2.45, 2.75) is 19.4 Å². The van der Waals surface area contributed by atoms with Crippen LogP contribution in [0.25, 0.3) is 0 Å². The number of aromatic carboxylic acids is 1. The summed E-state index contributed by atoms with van der Waals surface area (Å²) in [6, 6.07) is 10.3. The van der Waals surface area contributed by atoms with Gasteiger partial charge in [-0.2, -0.15) is 0 Å². The van der Waals surface area contributed by atoms with Crippen molar-refractivity contribution in [1.82, 2.24) is 4.90 Å². The first-order chi connectivity index (χ1) is 10.5. The molecule has 0 fully saturated rings. The maximum Gasteiger partial charge on any atom is 0.335 e. The van der Waals surface area contributed by atoms with Gasteiger partial charge in [-0.15, -0.1) is 11.3 Å². The van der Waals surface area contributed by atoms with Gasteiger partial charge in [-0.05, 0) is 36.2 Å². The van der Waals surface area contributed by atoms with Crippen LogP contribution in [0, 0.1) is 0 Å². The van der Waals surface area contributed by atoms with Crippen LogP contribution in [-0.2, 0) is 17.8 Å². The van der Waals surface area contributed by atoms with E-state index in [0.29, 0.717) is 19.4 Å². The zero-order chi connectivity index (χ0) is 16.1. The molecule has 0 spiro atoms. The van der Waals surface area contributed by atoms with Crippen LogP contribution < -0.4 is 0 Å². The lowest BCUT2D eigenvalue weighted by Gasteiger charge is -2.16. The number of carboxylic acids is 1. The third-order valence-corrected chi connectivity index (χ3v) is 4.49. The molecule has 2 rings (SSSR count). The SMILES string of the molecule is CN(Cc1ccc(Cl)s1)C(=O)CCc1ccc(C(=O)O)cc1. The van der Waals surface area contributed by atoms with Crippen LogP contribution in [0.2, 0.25) is 4.34 Å². The Bertz CT molecular complexity index is 666. The molecular formula is C16H16ClNO3S. The maximum absolute atomic E-state index is 12.1. The summed E-state index contributed by atoms with van der Waals surface area (Å²) in [5, 5.41) is 8.84. The normalized spacial score (nSPS) is 10.5. The van der Waals surface area contributed by atoms with E-state index in [1.54, 1.807) is 36.2 Å². The summed E-state index contributed by atoms with van der Waals surface area (Å²) in [5.74, 6) is -0.899. The number of amides is 1. The Morgan fingerprint density at radius 3 is 2.41 bits per heavy atom. The van der Waals surface area contributed by atoms with Crippen LogP contribution in [0.3, 0.4) is 0 Å². The minimum atomic E-state index is -0.947. The first-order valence-electron chi connectivity index (χ1n) is 6.76. The number of aryl methyl sites for hydroxylation is 1. The largest absolute Gasteiger partial charge is 0.478 e. The van der Waals surface area contributed by atoms with Crippen LogP contribution in [-0.4, -0.2) is 28.9 Å². The highest BCUT2D eigenvalue weighted by Crippen LogP contribution is 2.22. The first kappa shape index (κ1) is 16.5. The smallest absolute Gasteiger partial charge is 0.335 e. The predicted octanol–water partition coefficient (Wildman–Crippen LogP) is 3.69. The van der Waals surface area contributed by atoms with Gasteiger partial charge >= 0.3 is 5.97 Å². The van der Waals surface area contributed by atoms with Crippen molar-refractivity contribution in [3.05, 3.63) is 56.7 Å². The Morgan fingerprint density at radius 1 is 1.18 bits per heavy atom. The van der Waals surface area contributed by atoms with E-state index >= 15 is 0 Å². The first-order valence-corrected chi connectivity index (χ1v) is 7.95. The van der Waals surface area contributed by atoms with Gasteiger partial charge in [0.05, 0.1) is 16.4 Å². The highest BCUT2D eigenvalue weighted by atomic mass is 35.5. The molecule has 0 aliphatic rings. The zero-order valence-corrected chi connectivity index (χ0v) is 13.7. The molecule has 1 heterocycles. The molecular weight excluding hydrogens is 322 g/mol. The van der Waals surface area contributed by atoms with Gasteiger partial charge in [0.2, 0.25) is 5.91 Å². The van der Waals surface area contributed by atoms with E-state index in [2.05, 4.69) is 0 Å². The Kier molecular flexibility index (Phi) is 5.57. The van der Waals surface area contributed by atoms with E-state index in [9.17, 15) is 9.59 Å². The number of rotatable bonds is 6. The molecule has 1 amide bonds. The van der Waals surface area contributed by atoms with Crippen molar-refractivity contribution in [3.8, 4) is 0 Å². The van der Waals surface area contributed by atoms with E-state index in [1.165, 1.54) is 11.3 Å². The average Bonchev–Trinajstić information content (AvgIpc) is 2.90. The summed E-state index contributed by atoms with van der Waals surface area (Å²) in [5.41, 5.74) is 1.20. The number of nitrogens with zero attached hydrogens (tertiary/aromatic N) is 1. The second-order valence-electron chi connectivity index (χ2n) is 4.96. The lowest BCUT2D eigenvalue weighted by atomic mass is 10.1. The van der Waals surface area contributed by atoms with E-state index in [1.807, 2.05) is 12.1 Å². The third-order valence-electron chi connectivity index (χ3n) is 3.28. The molecule has 0 saturated heterocycles. The fourth-order valence-electron chi connectivity index (χ4n) is 2.01. The highest BCUT2D eigenvalue weighted by molar-refractivity contribution is 7.16. The molecule has 2 aromatic rings. The maximum atomic E-state index is 12.1. The second kappa shape index (κ2) is 7.42. The summed E-state index contributed by atoms with van der Waals surface area (Å²) in [6.07, 6.45) is 0.982. The van der Waals surface area contributed by atoms with Gasteiger partial charge < -0.3 is 10.0 Å².